The third kappa shape index (κ3) is 4.67. The average molecular weight is 492 g/mol. The molecule has 2 atom stereocenters. The number of fused-ring (bicyclic) bond motifs is 1. The van der Waals surface area contributed by atoms with Crippen molar-refractivity contribution in [2.45, 2.75) is 31.9 Å². The molecule has 1 aliphatic rings. The van der Waals surface area contributed by atoms with E-state index in [2.05, 4.69) is 15.0 Å². The molecule has 3 heterocycles. The minimum Gasteiger partial charge on any atom is -0.481 e. The Bertz CT molecular complexity index is 1420. The lowest BCUT2D eigenvalue weighted by atomic mass is 10.2. The summed E-state index contributed by atoms with van der Waals surface area (Å²) in [7, 11) is 0. The molecule has 36 heavy (non-hydrogen) atoms. The van der Waals surface area contributed by atoms with Gasteiger partial charge in [0.2, 0.25) is 5.89 Å². The first-order valence-corrected chi connectivity index (χ1v) is 11.3. The Morgan fingerprint density at radius 1 is 1.17 bits per heavy atom. The highest BCUT2D eigenvalue weighted by molar-refractivity contribution is 5.87. The van der Waals surface area contributed by atoms with Gasteiger partial charge in [-0.25, -0.2) is 19.2 Å². The molecule has 0 aliphatic carbocycles. The lowest BCUT2D eigenvalue weighted by molar-refractivity contribution is -0.150. The molecule has 4 aromatic rings. The van der Waals surface area contributed by atoms with E-state index in [1.165, 1.54) is 23.2 Å². The molecule has 1 amide bonds. The average Bonchev–Trinajstić information content (AvgIpc) is 3.53. The van der Waals surface area contributed by atoms with Gasteiger partial charge in [-0.2, -0.15) is 4.98 Å². The van der Waals surface area contributed by atoms with Crippen LogP contribution < -0.4 is 9.47 Å². The van der Waals surface area contributed by atoms with E-state index in [1.807, 2.05) is 0 Å². The van der Waals surface area contributed by atoms with Gasteiger partial charge in [-0.15, -0.1) is 0 Å². The molecule has 0 radical (unpaired) electrons. The summed E-state index contributed by atoms with van der Waals surface area (Å²) < 4.78 is 30.7. The second kappa shape index (κ2) is 9.61. The molecule has 5 rings (SSSR count). The third-order valence-electron chi connectivity index (χ3n) is 5.75. The first-order valence-electron chi connectivity index (χ1n) is 11.3. The highest BCUT2D eigenvalue weighted by Gasteiger charge is 2.36. The Hall–Kier alpha value is -4.54. The number of ether oxygens (including phenoxy) is 2. The summed E-state index contributed by atoms with van der Waals surface area (Å²) in [5, 5.41) is 9.31. The summed E-state index contributed by atoms with van der Waals surface area (Å²) in [6.45, 7) is 1.99. The van der Waals surface area contributed by atoms with Crippen molar-refractivity contribution in [1.82, 2.24) is 19.9 Å². The van der Waals surface area contributed by atoms with Crippen molar-refractivity contribution < 1.29 is 33.0 Å². The molecule has 10 nitrogen and oxygen atoms in total. The Labute approximate surface area is 204 Å². The second-order valence-electron chi connectivity index (χ2n) is 8.21. The zero-order chi connectivity index (χ0) is 25.2. The van der Waals surface area contributed by atoms with Crippen LogP contribution >= 0.6 is 0 Å². The van der Waals surface area contributed by atoms with Crippen LogP contribution in [0.25, 0.3) is 22.7 Å². The Kier molecular flexibility index (Phi) is 6.19. The number of carbonyl (C=O) groups is 2. The van der Waals surface area contributed by atoms with Crippen molar-refractivity contribution in [3.63, 3.8) is 0 Å². The summed E-state index contributed by atoms with van der Waals surface area (Å²) in [6, 6.07) is 11.7. The molecular formula is C25H21FN4O6. The lowest BCUT2D eigenvalue weighted by Crippen LogP contribution is -2.46. The van der Waals surface area contributed by atoms with Crippen LogP contribution in [0.4, 0.5) is 4.39 Å². The number of likely N-dealkylation sites (tertiary alicyclic amines) is 1. The number of carboxylic acid groups (broad SMARTS) is 1. The molecule has 1 aliphatic heterocycles. The van der Waals surface area contributed by atoms with Gasteiger partial charge in [0.05, 0.1) is 6.20 Å². The van der Waals surface area contributed by atoms with Crippen LogP contribution in [-0.4, -0.2) is 55.5 Å². The predicted molar refractivity (Wildman–Crippen MR) is 124 cm³/mol. The number of halogens is 1. The molecule has 0 bridgehead atoms. The molecule has 2 aromatic carbocycles. The summed E-state index contributed by atoms with van der Waals surface area (Å²) in [5.41, 5.74) is 1.19. The molecule has 2 aromatic heterocycles. The molecule has 11 heteroatoms. The van der Waals surface area contributed by atoms with Gasteiger partial charge in [0, 0.05) is 12.1 Å². The van der Waals surface area contributed by atoms with Crippen molar-refractivity contribution in [3.8, 4) is 29.0 Å². The minimum absolute atomic E-state index is 0.0110. The molecule has 184 valence electrons. The largest absolute Gasteiger partial charge is 0.481 e. The first-order chi connectivity index (χ1) is 17.4. The minimum atomic E-state index is -1.01. The Balaban J connectivity index is 1.27. The fourth-order valence-electron chi connectivity index (χ4n) is 3.97. The van der Waals surface area contributed by atoms with Crippen molar-refractivity contribution >= 4 is 23.1 Å². The highest BCUT2D eigenvalue weighted by atomic mass is 19.1. The van der Waals surface area contributed by atoms with E-state index in [1.54, 1.807) is 43.3 Å². The topological polar surface area (TPSA) is 128 Å². The number of para-hydroxylation sites is 1. The fourth-order valence-corrected chi connectivity index (χ4v) is 3.97. The number of rotatable bonds is 7. The van der Waals surface area contributed by atoms with Gasteiger partial charge < -0.3 is 23.9 Å². The second-order valence-corrected chi connectivity index (χ2v) is 8.21. The molecule has 1 saturated heterocycles. The predicted octanol–water partition coefficient (Wildman–Crippen LogP) is 4.06. The van der Waals surface area contributed by atoms with E-state index in [9.17, 15) is 19.1 Å². The number of carbonyl (C=O) groups excluding carboxylic acids is 1. The number of aromatic nitrogens is 3. The van der Waals surface area contributed by atoms with Crippen molar-refractivity contribution in [1.29, 1.82) is 0 Å². The van der Waals surface area contributed by atoms with E-state index < -0.39 is 23.9 Å². The highest BCUT2D eigenvalue weighted by Crippen LogP contribution is 2.28. The maximum atomic E-state index is 13.8. The number of oxazole rings is 1. The normalized spacial score (nSPS) is 16.2. The van der Waals surface area contributed by atoms with E-state index in [-0.39, 0.29) is 29.3 Å². The Morgan fingerprint density at radius 3 is 2.69 bits per heavy atom. The summed E-state index contributed by atoms with van der Waals surface area (Å²) >= 11 is 0. The molecular weight excluding hydrogens is 471 g/mol. The number of nitrogens with zero attached hydrogens (tertiary/aromatic N) is 4. The molecule has 1 fully saturated rings. The standard InChI is InChI=1S/C25H21FN4O6/c1-14(23(31)30-12-4-6-19(30)24(32)33)34-16-10-8-15(9-11-16)21-28-18-13-27-25(29-22(18)36-21)35-20-7-3-2-5-17(20)26/h2-3,5,7-11,13-14,19H,4,6,12H2,1H3,(H,32,33). The van der Waals surface area contributed by atoms with Crippen molar-refractivity contribution in [2.24, 2.45) is 0 Å². The zero-order valence-electron chi connectivity index (χ0n) is 19.1. The van der Waals surface area contributed by atoms with Crippen molar-refractivity contribution in [3.05, 3.63) is 60.5 Å². The summed E-state index contributed by atoms with van der Waals surface area (Å²) in [4.78, 5) is 38.0. The van der Waals surface area contributed by atoms with Crippen LogP contribution in [0.2, 0.25) is 0 Å². The summed E-state index contributed by atoms with van der Waals surface area (Å²) in [5.74, 6) is -1.22. The quantitative estimate of drug-likeness (QED) is 0.406. The van der Waals surface area contributed by atoms with E-state index in [4.69, 9.17) is 13.9 Å². The van der Waals surface area contributed by atoms with Crippen molar-refractivity contribution in [2.75, 3.05) is 6.54 Å². The fraction of sp³-hybridized carbons (Fsp3) is 0.240. The van der Waals surface area contributed by atoms with Gasteiger partial charge in [0.1, 0.15) is 17.3 Å². The number of benzene rings is 2. The molecule has 2 unspecified atom stereocenters. The molecule has 0 saturated carbocycles. The first kappa shape index (κ1) is 23.2. The van der Waals surface area contributed by atoms with E-state index in [0.717, 1.165) is 0 Å². The maximum absolute atomic E-state index is 13.8. The van der Waals surface area contributed by atoms with Crippen LogP contribution in [0.1, 0.15) is 19.8 Å². The smallest absolute Gasteiger partial charge is 0.326 e. The van der Waals surface area contributed by atoms with Gasteiger partial charge in [-0.05, 0) is 56.2 Å². The van der Waals surface area contributed by atoms with Gasteiger partial charge in [-0.3, -0.25) is 4.79 Å². The third-order valence-corrected chi connectivity index (χ3v) is 5.75. The van der Waals surface area contributed by atoms with Gasteiger partial charge in [0.25, 0.3) is 11.6 Å². The molecule has 0 spiro atoms. The lowest BCUT2D eigenvalue weighted by Gasteiger charge is -2.25. The van der Waals surface area contributed by atoms with Crippen LogP contribution in [0.5, 0.6) is 17.5 Å². The van der Waals surface area contributed by atoms with Gasteiger partial charge in [-0.1, -0.05) is 12.1 Å². The van der Waals surface area contributed by atoms with E-state index in [0.29, 0.717) is 36.2 Å². The summed E-state index contributed by atoms with van der Waals surface area (Å²) in [6.07, 6.45) is 1.66. The Morgan fingerprint density at radius 2 is 1.94 bits per heavy atom. The maximum Gasteiger partial charge on any atom is 0.326 e. The SMILES string of the molecule is CC(Oc1ccc(-c2nc3cnc(Oc4ccccc4F)nc3o2)cc1)C(=O)N1CCCC1C(=O)O. The van der Waals surface area contributed by atoms with Gasteiger partial charge >= 0.3 is 12.0 Å². The molecule has 1 N–H and O–H groups in total. The number of carboxylic acids is 1. The number of hydrogen-bond donors (Lipinski definition) is 1. The van der Waals surface area contributed by atoms with Gasteiger partial charge in [0.15, 0.2) is 17.7 Å². The van der Waals surface area contributed by atoms with Crippen LogP contribution in [-0.2, 0) is 9.59 Å². The number of aliphatic carboxylic acids is 1. The van der Waals surface area contributed by atoms with Crippen LogP contribution in [0, 0.1) is 5.82 Å². The van der Waals surface area contributed by atoms with E-state index >= 15 is 0 Å². The number of amides is 1. The number of hydrogen-bond acceptors (Lipinski definition) is 8. The van der Waals surface area contributed by atoms with Crippen LogP contribution in [0.15, 0.2) is 59.1 Å². The monoisotopic (exact) mass is 492 g/mol. The zero-order valence-corrected chi connectivity index (χ0v) is 19.1. The van der Waals surface area contributed by atoms with Crippen LogP contribution in [0.3, 0.4) is 0 Å².